The molecule has 1 saturated carbocycles. The molecule has 1 fully saturated rings. The molecule has 4 heteroatoms. The number of nitrogens with zero attached hydrogens (tertiary/aromatic N) is 1. The van der Waals surface area contributed by atoms with Crippen molar-refractivity contribution in [1.82, 2.24) is 5.32 Å². The largest absolute Gasteiger partial charge is 0.353 e. The Balaban J connectivity index is 1.95. The van der Waals surface area contributed by atoms with Crippen LogP contribution in [0.15, 0.2) is 18.2 Å². The lowest BCUT2D eigenvalue weighted by Crippen LogP contribution is -2.39. The molecule has 2 rings (SSSR count). The molecule has 0 aliphatic heterocycles. The van der Waals surface area contributed by atoms with E-state index in [1.807, 2.05) is 32.0 Å². The summed E-state index contributed by atoms with van der Waals surface area (Å²) in [4.78, 5) is 25.9. The van der Waals surface area contributed by atoms with Crippen molar-refractivity contribution in [3.63, 3.8) is 0 Å². The molecule has 1 aromatic carbocycles. The Hall–Kier alpha value is -1.84. The Bertz CT molecular complexity index is 562. The van der Waals surface area contributed by atoms with Gasteiger partial charge in [0.25, 0.3) is 0 Å². The summed E-state index contributed by atoms with van der Waals surface area (Å²) in [6.45, 7) is 5.99. The van der Waals surface area contributed by atoms with Gasteiger partial charge in [-0.15, -0.1) is 0 Å². The van der Waals surface area contributed by atoms with Crippen LogP contribution in [0, 0.1) is 13.8 Å². The van der Waals surface area contributed by atoms with Gasteiger partial charge in [-0.1, -0.05) is 31.4 Å². The van der Waals surface area contributed by atoms with Gasteiger partial charge < -0.3 is 10.2 Å². The lowest BCUT2D eigenvalue weighted by atomic mass is 9.95. The molecular formula is C19H28N2O2. The van der Waals surface area contributed by atoms with Gasteiger partial charge in [-0.3, -0.25) is 9.59 Å². The Morgan fingerprint density at radius 1 is 1.17 bits per heavy atom. The minimum absolute atomic E-state index is 0.0239. The van der Waals surface area contributed by atoms with Crippen molar-refractivity contribution in [3.8, 4) is 0 Å². The van der Waals surface area contributed by atoms with Crippen LogP contribution in [-0.4, -0.2) is 24.4 Å². The second kappa shape index (κ2) is 8.14. The highest BCUT2D eigenvalue weighted by molar-refractivity contribution is 5.93. The molecule has 0 heterocycles. The molecule has 0 atom stereocenters. The van der Waals surface area contributed by atoms with E-state index in [1.165, 1.54) is 19.3 Å². The van der Waals surface area contributed by atoms with Crippen molar-refractivity contribution in [3.05, 3.63) is 29.3 Å². The standard InChI is InChI=1S/C19H28N2O2/c1-14-9-10-15(2)18(13-14)21(16(3)22)12-11-19(23)20-17-7-5-4-6-8-17/h9-10,13,17H,4-8,11-12H2,1-3H3,(H,20,23). The van der Waals surface area contributed by atoms with Crippen molar-refractivity contribution < 1.29 is 9.59 Å². The van der Waals surface area contributed by atoms with Gasteiger partial charge in [-0.2, -0.15) is 0 Å². The fourth-order valence-corrected chi connectivity index (χ4v) is 3.22. The highest BCUT2D eigenvalue weighted by atomic mass is 16.2. The molecule has 0 unspecified atom stereocenters. The second-order valence-electron chi connectivity index (χ2n) is 6.61. The van der Waals surface area contributed by atoms with Gasteiger partial charge in [-0.25, -0.2) is 0 Å². The zero-order valence-electron chi connectivity index (χ0n) is 14.5. The van der Waals surface area contributed by atoms with Gasteiger partial charge in [0.2, 0.25) is 11.8 Å². The minimum atomic E-state index is -0.0239. The summed E-state index contributed by atoms with van der Waals surface area (Å²) < 4.78 is 0. The number of anilines is 1. The second-order valence-corrected chi connectivity index (χ2v) is 6.61. The third kappa shape index (κ3) is 5.08. The average molecular weight is 316 g/mol. The summed E-state index contributed by atoms with van der Waals surface area (Å²) in [5.41, 5.74) is 3.07. The van der Waals surface area contributed by atoms with Crippen molar-refractivity contribution in [2.45, 2.75) is 65.3 Å². The quantitative estimate of drug-likeness (QED) is 0.904. The van der Waals surface area contributed by atoms with Crippen molar-refractivity contribution in [1.29, 1.82) is 0 Å². The topological polar surface area (TPSA) is 49.4 Å². The molecule has 1 N–H and O–H groups in total. The van der Waals surface area contributed by atoms with Crippen LogP contribution in [0.5, 0.6) is 0 Å². The lowest BCUT2D eigenvalue weighted by molar-refractivity contribution is -0.121. The Kier molecular flexibility index (Phi) is 6.20. The summed E-state index contributed by atoms with van der Waals surface area (Å²) in [6.07, 6.45) is 6.19. The molecule has 0 radical (unpaired) electrons. The van der Waals surface area contributed by atoms with Crippen molar-refractivity contribution in [2.24, 2.45) is 0 Å². The number of hydrogen-bond donors (Lipinski definition) is 1. The van der Waals surface area contributed by atoms with Crippen LogP contribution >= 0.6 is 0 Å². The monoisotopic (exact) mass is 316 g/mol. The van der Waals surface area contributed by atoms with Crippen molar-refractivity contribution in [2.75, 3.05) is 11.4 Å². The normalized spacial score (nSPS) is 15.3. The Morgan fingerprint density at radius 3 is 2.52 bits per heavy atom. The molecule has 2 amide bonds. The molecule has 4 nitrogen and oxygen atoms in total. The van der Waals surface area contributed by atoms with Crippen LogP contribution < -0.4 is 10.2 Å². The van der Waals surface area contributed by atoms with Gasteiger partial charge in [-0.05, 0) is 43.9 Å². The van der Waals surface area contributed by atoms with Crippen LogP contribution in [0.2, 0.25) is 0 Å². The van der Waals surface area contributed by atoms with Gasteiger partial charge in [0.15, 0.2) is 0 Å². The van der Waals surface area contributed by atoms with E-state index in [1.54, 1.807) is 11.8 Å². The van der Waals surface area contributed by atoms with E-state index in [0.717, 1.165) is 29.7 Å². The number of carbonyl (C=O) groups excluding carboxylic acids is 2. The van der Waals surface area contributed by atoms with E-state index in [2.05, 4.69) is 5.32 Å². The Labute approximate surface area is 139 Å². The van der Waals surface area contributed by atoms with E-state index in [0.29, 0.717) is 19.0 Å². The molecule has 0 bridgehead atoms. The van der Waals surface area contributed by atoms with Gasteiger partial charge in [0, 0.05) is 31.6 Å². The number of aryl methyl sites for hydroxylation is 2. The molecular weight excluding hydrogens is 288 g/mol. The van der Waals surface area contributed by atoms with Crippen LogP contribution in [0.1, 0.15) is 56.6 Å². The first-order chi connectivity index (χ1) is 11.0. The number of carbonyl (C=O) groups is 2. The van der Waals surface area contributed by atoms with Gasteiger partial charge in [0.05, 0.1) is 0 Å². The zero-order chi connectivity index (χ0) is 16.8. The maximum atomic E-state index is 12.2. The number of rotatable bonds is 5. The summed E-state index contributed by atoms with van der Waals surface area (Å²) >= 11 is 0. The predicted molar refractivity (Wildman–Crippen MR) is 93.6 cm³/mol. The summed E-state index contributed by atoms with van der Waals surface area (Å²) in [7, 11) is 0. The van der Waals surface area contributed by atoms with E-state index in [9.17, 15) is 9.59 Å². The van der Waals surface area contributed by atoms with E-state index < -0.39 is 0 Å². The van der Waals surface area contributed by atoms with Gasteiger partial charge >= 0.3 is 0 Å². The van der Waals surface area contributed by atoms with Crippen LogP contribution in [0.3, 0.4) is 0 Å². The minimum Gasteiger partial charge on any atom is -0.353 e. The first kappa shape index (κ1) is 17.5. The highest BCUT2D eigenvalue weighted by Gasteiger charge is 2.18. The fourth-order valence-electron chi connectivity index (χ4n) is 3.22. The molecule has 1 aliphatic rings. The van der Waals surface area contributed by atoms with Crippen LogP contribution in [0.25, 0.3) is 0 Å². The molecule has 1 aromatic rings. The SMILES string of the molecule is CC(=O)N(CCC(=O)NC1CCCCC1)c1cc(C)ccc1C. The molecule has 1 aliphatic carbocycles. The average Bonchev–Trinajstić information content (AvgIpc) is 2.51. The zero-order valence-corrected chi connectivity index (χ0v) is 14.5. The number of amides is 2. The van der Waals surface area contributed by atoms with Crippen LogP contribution in [-0.2, 0) is 9.59 Å². The summed E-state index contributed by atoms with van der Waals surface area (Å²) in [6, 6.07) is 6.38. The summed E-state index contributed by atoms with van der Waals surface area (Å²) in [5.74, 6) is 0.0256. The number of nitrogens with one attached hydrogen (secondary N) is 1. The van der Waals surface area contributed by atoms with Gasteiger partial charge in [0.1, 0.15) is 0 Å². The van der Waals surface area contributed by atoms with E-state index >= 15 is 0 Å². The highest BCUT2D eigenvalue weighted by Crippen LogP contribution is 2.22. The molecule has 0 saturated heterocycles. The molecule has 0 spiro atoms. The lowest BCUT2D eigenvalue weighted by Gasteiger charge is -2.25. The van der Waals surface area contributed by atoms with Crippen molar-refractivity contribution >= 4 is 17.5 Å². The molecule has 23 heavy (non-hydrogen) atoms. The predicted octanol–water partition coefficient (Wildman–Crippen LogP) is 3.50. The molecule has 0 aromatic heterocycles. The fraction of sp³-hybridized carbons (Fsp3) is 0.579. The first-order valence-electron chi connectivity index (χ1n) is 8.62. The number of hydrogen-bond acceptors (Lipinski definition) is 2. The maximum Gasteiger partial charge on any atom is 0.223 e. The Morgan fingerprint density at radius 2 is 1.87 bits per heavy atom. The third-order valence-corrected chi connectivity index (χ3v) is 4.57. The third-order valence-electron chi connectivity index (χ3n) is 4.57. The first-order valence-corrected chi connectivity index (χ1v) is 8.62. The van der Waals surface area contributed by atoms with E-state index in [-0.39, 0.29) is 11.8 Å². The summed E-state index contributed by atoms with van der Waals surface area (Å²) in [5, 5.41) is 3.11. The maximum absolute atomic E-state index is 12.2. The number of benzene rings is 1. The van der Waals surface area contributed by atoms with Crippen LogP contribution in [0.4, 0.5) is 5.69 Å². The smallest absolute Gasteiger partial charge is 0.223 e. The van der Waals surface area contributed by atoms with E-state index in [4.69, 9.17) is 0 Å². The molecule has 126 valence electrons.